The number of hydrogen-bond donors (Lipinski definition) is 1. The summed E-state index contributed by atoms with van der Waals surface area (Å²) in [5.41, 5.74) is 3.13. The number of aryl methyl sites for hydroxylation is 2. The summed E-state index contributed by atoms with van der Waals surface area (Å²) >= 11 is 0. The van der Waals surface area contributed by atoms with E-state index in [2.05, 4.69) is 5.32 Å². The third-order valence-corrected chi connectivity index (χ3v) is 4.18. The lowest BCUT2D eigenvalue weighted by molar-refractivity contribution is -0.120. The molecule has 0 spiro atoms. The van der Waals surface area contributed by atoms with Gasteiger partial charge in [0.1, 0.15) is 12.4 Å². The fraction of sp³-hybridized carbons (Fsp3) is 0.350. The van der Waals surface area contributed by atoms with Crippen molar-refractivity contribution in [2.75, 3.05) is 25.5 Å². The zero-order valence-electron chi connectivity index (χ0n) is 14.9. The maximum atomic E-state index is 12.4. The zero-order valence-corrected chi connectivity index (χ0v) is 14.9. The Hall–Kier alpha value is -2.33. The second-order valence-corrected chi connectivity index (χ2v) is 6.12. The van der Waals surface area contributed by atoms with Crippen LogP contribution < -0.4 is 10.1 Å². The first-order chi connectivity index (χ1) is 11.5. The van der Waals surface area contributed by atoms with Gasteiger partial charge in [-0.3, -0.25) is 9.69 Å². The van der Waals surface area contributed by atoms with Crippen LogP contribution in [-0.4, -0.2) is 37.0 Å². The monoisotopic (exact) mass is 326 g/mol. The molecule has 0 aliphatic heterocycles. The third-order valence-electron chi connectivity index (χ3n) is 4.18. The summed E-state index contributed by atoms with van der Waals surface area (Å²) in [5, 5.41) is 2.98. The summed E-state index contributed by atoms with van der Waals surface area (Å²) in [7, 11) is 1.93. The molecule has 128 valence electrons. The van der Waals surface area contributed by atoms with E-state index < -0.39 is 0 Å². The van der Waals surface area contributed by atoms with Gasteiger partial charge in [-0.1, -0.05) is 35.9 Å². The highest BCUT2D eigenvalue weighted by atomic mass is 16.5. The van der Waals surface area contributed by atoms with E-state index in [0.717, 1.165) is 17.0 Å². The molecule has 0 bridgehead atoms. The van der Waals surface area contributed by atoms with E-state index in [4.69, 9.17) is 4.74 Å². The van der Waals surface area contributed by atoms with E-state index in [1.165, 1.54) is 5.56 Å². The molecule has 24 heavy (non-hydrogen) atoms. The molecule has 2 aromatic carbocycles. The standard InChI is InChI=1S/C20H26N2O2/c1-15-9-11-18(12-10-15)24-14-13-22(4)17(3)20(23)21-19-8-6-5-7-16(19)2/h5-12,17H,13-14H2,1-4H3,(H,21,23). The number of amides is 1. The predicted octanol–water partition coefficient (Wildman–Crippen LogP) is 3.64. The first-order valence-electron chi connectivity index (χ1n) is 8.23. The number of likely N-dealkylation sites (N-methyl/N-ethyl adjacent to an activating group) is 1. The lowest BCUT2D eigenvalue weighted by Crippen LogP contribution is -2.41. The Morgan fingerprint density at radius 3 is 2.46 bits per heavy atom. The number of rotatable bonds is 7. The van der Waals surface area contributed by atoms with Crippen molar-refractivity contribution in [2.24, 2.45) is 0 Å². The second kappa shape index (κ2) is 8.50. The van der Waals surface area contributed by atoms with E-state index in [-0.39, 0.29) is 11.9 Å². The van der Waals surface area contributed by atoms with Crippen LogP contribution in [0.2, 0.25) is 0 Å². The van der Waals surface area contributed by atoms with Crippen LogP contribution in [0.25, 0.3) is 0 Å². The number of para-hydroxylation sites is 1. The molecule has 1 N–H and O–H groups in total. The van der Waals surface area contributed by atoms with Crippen LogP contribution in [0, 0.1) is 13.8 Å². The highest BCUT2D eigenvalue weighted by Gasteiger charge is 2.18. The SMILES string of the molecule is Cc1ccc(OCCN(C)C(C)C(=O)Nc2ccccc2C)cc1. The molecule has 1 atom stereocenters. The quantitative estimate of drug-likeness (QED) is 0.844. The predicted molar refractivity (Wildman–Crippen MR) is 98.6 cm³/mol. The minimum absolute atomic E-state index is 0.0119. The molecule has 0 saturated heterocycles. The van der Waals surface area contributed by atoms with Crippen molar-refractivity contribution in [1.82, 2.24) is 4.90 Å². The second-order valence-electron chi connectivity index (χ2n) is 6.12. The maximum absolute atomic E-state index is 12.4. The van der Waals surface area contributed by atoms with Crippen LogP contribution >= 0.6 is 0 Å². The molecular formula is C20H26N2O2. The van der Waals surface area contributed by atoms with Crippen molar-refractivity contribution < 1.29 is 9.53 Å². The summed E-state index contributed by atoms with van der Waals surface area (Å²) in [6, 6.07) is 15.5. The molecule has 4 nitrogen and oxygen atoms in total. The van der Waals surface area contributed by atoms with Crippen LogP contribution in [0.15, 0.2) is 48.5 Å². The van der Waals surface area contributed by atoms with E-state index in [9.17, 15) is 4.79 Å². The number of benzene rings is 2. The molecule has 0 aromatic heterocycles. The number of carbonyl (C=O) groups is 1. The van der Waals surface area contributed by atoms with E-state index in [0.29, 0.717) is 13.2 Å². The largest absolute Gasteiger partial charge is 0.492 e. The van der Waals surface area contributed by atoms with Crippen LogP contribution in [0.4, 0.5) is 5.69 Å². The molecule has 0 radical (unpaired) electrons. The number of anilines is 1. The highest BCUT2D eigenvalue weighted by molar-refractivity contribution is 5.95. The van der Waals surface area contributed by atoms with Crippen molar-refractivity contribution in [2.45, 2.75) is 26.8 Å². The average molecular weight is 326 g/mol. The fourth-order valence-corrected chi connectivity index (χ4v) is 2.29. The third kappa shape index (κ3) is 5.10. The maximum Gasteiger partial charge on any atom is 0.241 e. The molecular weight excluding hydrogens is 300 g/mol. The number of nitrogens with one attached hydrogen (secondary N) is 1. The van der Waals surface area contributed by atoms with Gasteiger partial charge in [0.05, 0.1) is 6.04 Å². The number of carbonyl (C=O) groups excluding carboxylic acids is 1. The Balaban J connectivity index is 1.80. The Morgan fingerprint density at radius 2 is 1.79 bits per heavy atom. The lowest BCUT2D eigenvalue weighted by Gasteiger charge is -2.24. The van der Waals surface area contributed by atoms with Crippen molar-refractivity contribution in [1.29, 1.82) is 0 Å². The fourth-order valence-electron chi connectivity index (χ4n) is 2.29. The van der Waals surface area contributed by atoms with Crippen LogP contribution in [0.5, 0.6) is 5.75 Å². The van der Waals surface area contributed by atoms with E-state index in [1.807, 2.05) is 81.2 Å². The Kier molecular flexibility index (Phi) is 6.38. The summed E-state index contributed by atoms with van der Waals surface area (Å²) in [5.74, 6) is 0.841. The molecule has 2 aromatic rings. The van der Waals surface area contributed by atoms with E-state index in [1.54, 1.807) is 0 Å². The van der Waals surface area contributed by atoms with Gasteiger partial charge in [0, 0.05) is 12.2 Å². The first kappa shape index (κ1) is 18.0. The van der Waals surface area contributed by atoms with E-state index >= 15 is 0 Å². The van der Waals surface area contributed by atoms with Gasteiger partial charge >= 0.3 is 0 Å². The van der Waals surface area contributed by atoms with Crippen molar-refractivity contribution in [3.8, 4) is 5.75 Å². The zero-order chi connectivity index (χ0) is 17.5. The normalized spacial score (nSPS) is 12.0. The average Bonchev–Trinajstić information content (AvgIpc) is 2.58. The molecule has 0 aliphatic carbocycles. The summed E-state index contributed by atoms with van der Waals surface area (Å²) in [4.78, 5) is 14.4. The van der Waals surface area contributed by atoms with Gasteiger partial charge in [0.25, 0.3) is 0 Å². The minimum Gasteiger partial charge on any atom is -0.492 e. The topological polar surface area (TPSA) is 41.6 Å². The number of ether oxygens (including phenoxy) is 1. The van der Waals surface area contributed by atoms with Gasteiger partial charge in [-0.05, 0) is 51.6 Å². The minimum atomic E-state index is -0.230. The molecule has 2 rings (SSSR count). The molecule has 1 unspecified atom stereocenters. The smallest absolute Gasteiger partial charge is 0.241 e. The van der Waals surface area contributed by atoms with Gasteiger partial charge in [0.15, 0.2) is 0 Å². The first-order valence-corrected chi connectivity index (χ1v) is 8.23. The Bertz CT molecular complexity index is 668. The Labute approximate surface area is 144 Å². The molecule has 0 heterocycles. The summed E-state index contributed by atoms with van der Waals surface area (Å²) in [6.45, 7) is 7.16. The van der Waals surface area contributed by atoms with Crippen molar-refractivity contribution in [3.05, 3.63) is 59.7 Å². The van der Waals surface area contributed by atoms with Gasteiger partial charge < -0.3 is 10.1 Å². The molecule has 0 fully saturated rings. The lowest BCUT2D eigenvalue weighted by atomic mass is 10.2. The molecule has 4 heteroatoms. The highest BCUT2D eigenvalue weighted by Crippen LogP contribution is 2.14. The van der Waals surface area contributed by atoms with Gasteiger partial charge in [-0.25, -0.2) is 0 Å². The van der Waals surface area contributed by atoms with Gasteiger partial charge in [0.2, 0.25) is 5.91 Å². The molecule has 0 aliphatic rings. The summed E-state index contributed by atoms with van der Waals surface area (Å²) in [6.07, 6.45) is 0. The summed E-state index contributed by atoms with van der Waals surface area (Å²) < 4.78 is 5.73. The number of nitrogens with zero attached hydrogens (tertiary/aromatic N) is 1. The van der Waals surface area contributed by atoms with Crippen LogP contribution in [0.3, 0.4) is 0 Å². The molecule has 0 saturated carbocycles. The van der Waals surface area contributed by atoms with Gasteiger partial charge in [-0.2, -0.15) is 0 Å². The number of hydrogen-bond acceptors (Lipinski definition) is 3. The van der Waals surface area contributed by atoms with Crippen molar-refractivity contribution in [3.63, 3.8) is 0 Å². The molecule has 1 amide bonds. The van der Waals surface area contributed by atoms with Gasteiger partial charge in [-0.15, -0.1) is 0 Å². The van der Waals surface area contributed by atoms with Crippen LogP contribution in [0.1, 0.15) is 18.1 Å². The van der Waals surface area contributed by atoms with Crippen molar-refractivity contribution >= 4 is 11.6 Å². The Morgan fingerprint density at radius 1 is 1.12 bits per heavy atom. The van der Waals surface area contributed by atoms with Crippen LogP contribution in [-0.2, 0) is 4.79 Å².